The summed E-state index contributed by atoms with van der Waals surface area (Å²) in [4.78, 5) is 21.8. The first-order chi connectivity index (χ1) is 9.16. The van der Waals surface area contributed by atoms with Gasteiger partial charge in [-0.25, -0.2) is 0 Å². The van der Waals surface area contributed by atoms with Gasteiger partial charge in [0.1, 0.15) is 18.8 Å². The van der Waals surface area contributed by atoms with Crippen molar-refractivity contribution in [2.45, 2.75) is 13.3 Å². The minimum atomic E-state index is -0.518. The van der Waals surface area contributed by atoms with Gasteiger partial charge in [-0.1, -0.05) is 18.2 Å². The molecule has 0 unspecified atom stereocenters. The van der Waals surface area contributed by atoms with Crippen LogP contribution in [0, 0.1) is 0 Å². The Morgan fingerprint density at radius 1 is 1.37 bits per heavy atom. The minimum Gasteiger partial charge on any atom is -0.461 e. The van der Waals surface area contributed by atoms with Gasteiger partial charge in [-0.3, -0.25) is 9.59 Å². The number of benzene rings is 1. The monoisotopic (exact) mass is 262 g/mol. The molecule has 0 amide bonds. The van der Waals surface area contributed by atoms with Crippen LogP contribution in [-0.4, -0.2) is 25.2 Å². The predicted molar refractivity (Wildman–Crippen MR) is 67.9 cm³/mol. The van der Waals surface area contributed by atoms with Gasteiger partial charge in [0.25, 0.3) is 0 Å². The van der Waals surface area contributed by atoms with Crippen LogP contribution in [0.3, 0.4) is 0 Å². The van der Waals surface area contributed by atoms with Crippen molar-refractivity contribution in [3.8, 4) is 11.5 Å². The molecule has 0 saturated carbocycles. The zero-order valence-electron chi connectivity index (χ0n) is 10.5. The largest absolute Gasteiger partial charge is 0.461 e. The lowest BCUT2D eigenvalue weighted by molar-refractivity contribution is -0.144. The smallest absolute Gasteiger partial charge is 0.313 e. The van der Waals surface area contributed by atoms with Crippen molar-refractivity contribution in [1.82, 2.24) is 0 Å². The number of carbonyl (C=O) groups is 2. The summed E-state index contributed by atoms with van der Waals surface area (Å²) in [5.74, 6) is 0.667. The van der Waals surface area contributed by atoms with Crippen molar-refractivity contribution >= 4 is 17.8 Å². The molecule has 1 aromatic rings. The molecule has 1 aromatic carbocycles. The molecule has 1 aliphatic rings. The van der Waals surface area contributed by atoms with Crippen molar-refractivity contribution in [1.29, 1.82) is 0 Å². The summed E-state index contributed by atoms with van der Waals surface area (Å²) in [6.07, 6.45) is 3.29. The van der Waals surface area contributed by atoms with E-state index < -0.39 is 5.97 Å². The van der Waals surface area contributed by atoms with Gasteiger partial charge in [-0.05, 0) is 19.1 Å². The number of esters is 1. The van der Waals surface area contributed by atoms with E-state index >= 15 is 0 Å². The van der Waals surface area contributed by atoms with Crippen LogP contribution in [0.5, 0.6) is 11.5 Å². The lowest BCUT2D eigenvalue weighted by Gasteiger charge is -2.01. The van der Waals surface area contributed by atoms with E-state index in [9.17, 15) is 9.59 Å². The highest BCUT2D eigenvalue weighted by atomic mass is 16.7. The van der Waals surface area contributed by atoms with Crippen LogP contribution in [0.25, 0.3) is 6.08 Å². The fourth-order valence-corrected chi connectivity index (χ4v) is 1.65. The maximum atomic E-state index is 11.1. The van der Waals surface area contributed by atoms with Crippen molar-refractivity contribution < 1.29 is 23.8 Å². The van der Waals surface area contributed by atoms with Gasteiger partial charge >= 0.3 is 5.97 Å². The van der Waals surface area contributed by atoms with Gasteiger partial charge in [0.05, 0.1) is 0 Å². The number of ketones is 1. The number of hydrogen-bond donors (Lipinski definition) is 0. The first kappa shape index (κ1) is 13.1. The first-order valence-electron chi connectivity index (χ1n) is 5.87. The third-order valence-electron chi connectivity index (χ3n) is 2.46. The number of rotatable bonds is 5. The lowest BCUT2D eigenvalue weighted by atomic mass is 10.2. The fraction of sp³-hybridized carbons (Fsp3) is 0.286. The highest BCUT2D eigenvalue weighted by Crippen LogP contribution is 2.35. The van der Waals surface area contributed by atoms with Gasteiger partial charge < -0.3 is 14.2 Å². The van der Waals surface area contributed by atoms with E-state index in [2.05, 4.69) is 0 Å². The van der Waals surface area contributed by atoms with Crippen LogP contribution >= 0.6 is 0 Å². The van der Waals surface area contributed by atoms with E-state index in [1.54, 1.807) is 12.2 Å². The summed E-state index contributed by atoms with van der Waals surface area (Å²) < 4.78 is 15.5. The zero-order chi connectivity index (χ0) is 13.7. The normalized spacial score (nSPS) is 12.7. The van der Waals surface area contributed by atoms with Crippen molar-refractivity contribution in [3.05, 3.63) is 29.8 Å². The van der Waals surface area contributed by atoms with Gasteiger partial charge in [-0.2, -0.15) is 0 Å². The minimum absolute atomic E-state index is 0.122. The number of ether oxygens (including phenoxy) is 3. The topological polar surface area (TPSA) is 61.8 Å². The highest BCUT2D eigenvalue weighted by Gasteiger charge is 2.15. The Balaban J connectivity index is 1.88. The van der Waals surface area contributed by atoms with Crippen molar-refractivity contribution in [3.63, 3.8) is 0 Å². The molecule has 1 heterocycles. The van der Waals surface area contributed by atoms with Gasteiger partial charge in [0, 0.05) is 5.56 Å². The SMILES string of the molecule is CC(=O)CC(=O)OC/C=C/c1cccc2c1OCO2. The van der Waals surface area contributed by atoms with Gasteiger partial charge in [-0.15, -0.1) is 0 Å². The number of fused-ring (bicyclic) bond motifs is 1. The van der Waals surface area contributed by atoms with E-state index in [1.807, 2.05) is 18.2 Å². The molecule has 0 atom stereocenters. The molecule has 0 fully saturated rings. The van der Waals surface area contributed by atoms with E-state index in [-0.39, 0.29) is 25.6 Å². The Bertz CT molecular complexity index is 519. The maximum Gasteiger partial charge on any atom is 0.313 e. The van der Waals surface area contributed by atoms with Gasteiger partial charge in [0.2, 0.25) is 6.79 Å². The maximum absolute atomic E-state index is 11.1. The van der Waals surface area contributed by atoms with Crippen LogP contribution in [0.15, 0.2) is 24.3 Å². The van der Waals surface area contributed by atoms with Crippen molar-refractivity contribution in [2.75, 3.05) is 13.4 Å². The number of para-hydroxylation sites is 1. The molecule has 100 valence electrons. The molecule has 0 saturated heterocycles. The van der Waals surface area contributed by atoms with Crippen LogP contribution in [0.4, 0.5) is 0 Å². The average Bonchev–Trinajstić information content (AvgIpc) is 2.82. The average molecular weight is 262 g/mol. The third-order valence-corrected chi connectivity index (χ3v) is 2.46. The summed E-state index contributed by atoms with van der Waals surface area (Å²) in [6.45, 7) is 1.69. The van der Waals surface area contributed by atoms with Crippen LogP contribution in [0.2, 0.25) is 0 Å². The molecule has 0 spiro atoms. The standard InChI is InChI=1S/C14H14O5/c1-10(15)8-13(16)17-7-3-5-11-4-2-6-12-14(11)19-9-18-12/h2-6H,7-9H2,1H3/b5-3+. The molecule has 19 heavy (non-hydrogen) atoms. The van der Waals surface area contributed by atoms with E-state index in [1.165, 1.54) is 6.92 Å². The molecule has 1 aliphatic heterocycles. The Morgan fingerprint density at radius 2 is 2.21 bits per heavy atom. The Morgan fingerprint density at radius 3 is 3.00 bits per heavy atom. The molecule has 5 nitrogen and oxygen atoms in total. The second kappa shape index (κ2) is 6.04. The number of carbonyl (C=O) groups excluding carboxylic acids is 2. The third kappa shape index (κ3) is 3.58. The summed E-state index contributed by atoms with van der Waals surface area (Å²) in [6, 6.07) is 5.56. The van der Waals surface area contributed by atoms with Crippen molar-refractivity contribution in [2.24, 2.45) is 0 Å². The van der Waals surface area contributed by atoms with Crippen LogP contribution in [0.1, 0.15) is 18.9 Å². The summed E-state index contributed by atoms with van der Waals surface area (Å²) >= 11 is 0. The second-order valence-electron chi connectivity index (χ2n) is 4.05. The molecule has 2 rings (SSSR count). The first-order valence-corrected chi connectivity index (χ1v) is 5.87. The summed E-state index contributed by atoms with van der Waals surface area (Å²) in [7, 11) is 0. The predicted octanol–water partition coefficient (Wildman–Crippen LogP) is 1.95. The van der Waals surface area contributed by atoms with E-state index in [0.717, 1.165) is 5.56 Å². The Kier molecular flexibility index (Phi) is 4.18. The zero-order valence-corrected chi connectivity index (χ0v) is 10.5. The molecule has 5 heteroatoms. The quantitative estimate of drug-likeness (QED) is 0.599. The molecule has 0 aliphatic carbocycles. The Labute approximate surface area is 110 Å². The Hall–Kier alpha value is -2.30. The second-order valence-corrected chi connectivity index (χ2v) is 4.05. The molecule has 0 bridgehead atoms. The van der Waals surface area contributed by atoms with Gasteiger partial charge in [0.15, 0.2) is 11.5 Å². The number of Topliss-reactive ketones (excluding diaryl/α,β-unsaturated/α-hetero) is 1. The van der Waals surface area contributed by atoms with Crippen LogP contribution in [-0.2, 0) is 14.3 Å². The van der Waals surface area contributed by atoms with E-state index in [0.29, 0.717) is 11.5 Å². The highest BCUT2D eigenvalue weighted by molar-refractivity contribution is 5.94. The number of hydrogen-bond acceptors (Lipinski definition) is 5. The molecule has 0 aromatic heterocycles. The molecular formula is C14H14O5. The summed E-state index contributed by atoms with van der Waals surface area (Å²) in [5, 5.41) is 0. The lowest BCUT2D eigenvalue weighted by Crippen LogP contribution is -2.08. The fourth-order valence-electron chi connectivity index (χ4n) is 1.65. The molecule has 0 N–H and O–H groups in total. The molecule has 0 radical (unpaired) electrons. The molecular weight excluding hydrogens is 248 g/mol. The van der Waals surface area contributed by atoms with E-state index in [4.69, 9.17) is 14.2 Å². The summed E-state index contributed by atoms with van der Waals surface area (Å²) in [5.41, 5.74) is 0.859. The van der Waals surface area contributed by atoms with Crippen LogP contribution < -0.4 is 9.47 Å².